The Morgan fingerprint density at radius 1 is 1.07 bits per heavy atom. The summed E-state index contributed by atoms with van der Waals surface area (Å²) < 4.78 is 5.28. The second-order valence-electron chi connectivity index (χ2n) is 6.37. The molecule has 0 atom stereocenters. The summed E-state index contributed by atoms with van der Waals surface area (Å²) in [4.78, 5) is 16.1. The molecule has 0 bridgehead atoms. The maximum Gasteiger partial charge on any atom is 0.340 e. The summed E-state index contributed by atoms with van der Waals surface area (Å²) in [7, 11) is 0. The van der Waals surface area contributed by atoms with Crippen LogP contribution in [-0.2, 0) is 11.2 Å². The Labute approximate surface area is 161 Å². The maximum atomic E-state index is 12.7. The van der Waals surface area contributed by atoms with Crippen LogP contribution in [0.1, 0.15) is 28.5 Å². The molecule has 0 radical (unpaired) electrons. The first kappa shape index (κ1) is 17.4. The van der Waals surface area contributed by atoms with E-state index in [1.54, 1.807) is 13.0 Å². The molecule has 5 heteroatoms. The first-order valence-corrected chi connectivity index (χ1v) is 9.13. The molecule has 1 aromatic heterocycles. The summed E-state index contributed by atoms with van der Waals surface area (Å²) in [6, 6.07) is 16.7. The van der Waals surface area contributed by atoms with Crippen molar-refractivity contribution < 1.29 is 14.6 Å². The van der Waals surface area contributed by atoms with Crippen LogP contribution in [0.25, 0.3) is 21.7 Å². The van der Waals surface area contributed by atoms with Crippen LogP contribution < -0.4 is 0 Å². The number of aromatic nitrogens is 1. The lowest BCUT2D eigenvalue weighted by atomic mass is 10.0. The van der Waals surface area contributed by atoms with Gasteiger partial charge in [0.2, 0.25) is 0 Å². The van der Waals surface area contributed by atoms with E-state index in [0.717, 1.165) is 27.5 Å². The van der Waals surface area contributed by atoms with Crippen LogP contribution in [0, 0.1) is 0 Å². The summed E-state index contributed by atoms with van der Waals surface area (Å²) in [5.41, 5.74) is 3.05. The smallest absolute Gasteiger partial charge is 0.340 e. The number of carbonyl (C=O) groups is 1. The molecule has 0 amide bonds. The van der Waals surface area contributed by atoms with Gasteiger partial charge in [-0.3, -0.25) is 0 Å². The van der Waals surface area contributed by atoms with E-state index in [4.69, 9.17) is 16.3 Å². The van der Waals surface area contributed by atoms with E-state index in [1.165, 1.54) is 0 Å². The standard InChI is InChI=1S/C22H18ClNO3/c1-2-27-22(26)20-17-12-19(25)15-5-3-4-6-16(15)21(17)24-18(20)11-13-7-9-14(23)10-8-13/h3-10,12,24-25H,2,11H2,1H3. The highest BCUT2D eigenvalue weighted by Crippen LogP contribution is 2.36. The number of aromatic amines is 1. The molecule has 136 valence electrons. The van der Waals surface area contributed by atoms with E-state index in [-0.39, 0.29) is 12.4 Å². The molecule has 3 aromatic carbocycles. The minimum Gasteiger partial charge on any atom is -0.507 e. The Kier molecular flexibility index (Phi) is 4.50. The molecule has 4 nitrogen and oxygen atoms in total. The summed E-state index contributed by atoms with van der Waals surface area (Å²) >= 11 is 5.97. The predicted octanol–water partition coefficient (Wildman–Crippen LogP) is 5.45. The molecule has 27 heavy (non-hydrogen) atoms. The first-order valence-electron chi connectivity index (χ1n) is 8.75. The molecule has 0 aliphatic heterocycles. The topological polar surface area (TPSA) is 62.3 Å². The fraction of sp³-hybridized carbons (Fsp3) is 0.136. The highest BCUT2D eigenvalue weighted by atomic mass is 35.5. The number of benzene rings is 3. The molecule has 2 N–H and O–H groups in total. The monoisotopic (exact) mass is 379 g/mol. The van der Waals surface area contributed by atoms with Crippen LogP contribution in [0.15, 0.2) is 54.6 Å². The van der Waals surface area contributed by atoms with E-state index in [0.29, 0.717) is 22.4 Å². The van der Waals surface area contributed by atoms with Crippen molar-refractivity contribution in [3.8, 4) is 5.75 Å². The van der Waals surface area contributed by atoms with Crippen molar-refractivity contribution >= 4 is 39.2 Å². The molecular weight excluding hydrogens is 362 g/mol. The van der Waals surface area contributed by atoms with Gasteiger partial charge in [0.1, 0.15) is 5.75 Å². The van der Waals surface area contributed by atoms with E-state index in [9.17, 15) is 9.90 Å². The number of phenolic OH excluding ortho intramolecular Hbond substituents is 1. The van der Waals surface area contributed by atoms with Crippen molar-refractivity contribution in [2.75, 3.05) is 6.61 Å². The molecule has 0 aliphatic rings. The van der Waals surface area contributed by atoms with Crippen molar-refractivity contribution in [1.82, 2.24) is 4.98 Å². The normalized spacial score (nSPS) is 11.2. The van der Waals surface area contributed by atoms with Crippen LogP contribution in [0.3, 0.4) is 0 Å². The van der Waals surface area contributed by atoms with Crippen molar-refractivity contribution in [1.29, 1.82) is 0 Å². The summed E-state index contributed by atoms with van der Waals surface area (Å²) in [6.45, 7) is 2.06. The van der Waals surface area contributed by atoms with Crippen molar-refractivity contribution in [3.05, 3.63) is 76.4 Å². The number of aromatic hydroxyl groups is 1. The predicted molar refractivity (Wildman–Crippen MR) is 108 cm³/mol. The maximum absolute atomic E-state index is 12.7. The number of ether oxygens (including phenoxy) is 1. The zero-order valence-electron chi connectivity index (χ0n) is 14.8. The SMILES string of the molecule is CCOC(=O)c1c(Cc2ccc(Cl)cc2)[nH]c2c1cc(O)c1ccccc12. The Bertz CT molecular complexity index is 1150. The lowest BCUT2D eigenvalue weighted by molar-refractivity contribution is 0.0527. The van der Waals surface area contributed by atoms with Gasteiger partial charge in [-0.1, -0.05) is 48.0 Å². The van der Waals surface area contributed by atoms with Crippen LogP contribution in [-0.4, -0.2) is 22.7 Å². The lowest BCUT2D eigenvalue weighted by Crippen LogP contribution is -2.07. The van der Waals surface area contributed by atoms with Crippen molar-refractivity contribution in [3.63, 3.8) is 0 Å². The number of esters is 1. The number of halogens is 1. The van der Waals surface area contributed by atoms with Crippen LogP contribution in [0.2, 0.25) is 5.02 Å². The molecule has 0 spiro atoms. The van der Waals surface area contributed by atoms with Crippen LogP contribution in [0.5, 0.6) is 5.75 Å². The van der Waals surface area contributed by atoms with E-state index in [2.05, 4.69) is 4.98 Å². The van der Waals surface area contributed by atoms with Crippen LogP contribution >= 0.6 is 11.6 Å². The number of fused-ring (bicyclic) bond motifs is 3. The third-order valence-corrected chi connectivity index (χ3v) is 4.90. The number of H-pyrrole nitrogens is 1. The van der Waals surface area contributed by atoms with Gasteiger partial charge in [0.15, 0.2) is 0 Å². The Morgan fingerprint density at radius 3 is 2.48 bits per heavy atom. The number of hydrogen-bond acceptors (Lipinski definition) is 3. The largest absolute Gasteiger partial charge is 0.507 e. The molecule has 0 aliphatic carbocycles. The van der Waals surface area contributed by atoms with Crippen molar-refractivity contribution in [2.45, 2.75) is 13.3 Å². The summed E-state index contributed by atoms with van der Waals surface area (Å²) in [5.74, 6) is -0.261. The molecular formula is C22H18ClNO3. The van der Waals surface area contributed by atoms with Gasteiger partial charge in [-0.2, -0.15) is 0 Å². The molecule has 1 heterocycles. The second-order valence-corrected chi connectivity index (χ2v) is 6.80. The van der Waals surface area contributed by atoms with Gasteiger partial charge in [-0.05, 0) is 30.7 Å². The minimum absolute atomic E-state index is 0.140. The zero-order chi connectivity index (χ0) is 19.0. The number of phenols is 1. The number of hydrogen-bond donors (Lipinski definition) is 2. The van der Waals surface area contributed by atoms with Gasteiger partial charge in [-0.25, -0.2) is 4.79 Å². The van der Waals surface area contributed by atoms with E-state index in [1.807, 2.05) is 48.5 Å². The third-order valence-electron chi connectivity index (χ3n) is 4.64. The van der Waals surface area contributed by atoms with Crippen molar-refractivity contribution in [2.24, 2.45) is 0 Å². The molecule has 4 rings (SSSR count). The van der Waals surface area contributed by atoms with Crippen LogP contribution in [0.4, 0.5) is 0 Å². The Morgan fingerprint density at radius 2 is 1.78 bits per heavy atom. The highest BCUT2D eigenvalue weighted by molar-refractivity contribution is 6.30. The zero-order valence-corrected chi connectivity index (χ0v) is 15.5. The van der Waals surface area contributed by atoms with Gasteiger partial charge in [0.25, 0.3) is 0 Å². The highest BCUT2D eigenvalue weighted by Gasteiger charge is 2.22. The quantitative estimate of drug-likeness (QED) is 0.463. The fourth-order valence-electron chi connectivity index (χ4n) is 3.44. The van der Waals surface area contributed by atoms with E-state index < -0.39 is 5.97 Å². The first-order chi connectivity index (χ1) is 13.1. The molecule has 0 saturated carbocycles. The van der Waals surface area contributed by atoms with Gasteiger partial charge < -0.3 is 14.8 Å². The number of rotatable bonds is 4. The summed E-state index contributed by atoms with van der Waals surface area (Å²) in [6.07, 6.45) is 0.523. The average molecular weight is 380 g/mol. The number of carbonyl (C=O) groups excluding carboxylic acids is 1. The molecule has 0 unspecified atom stereocenters. The number of nitrogens with one attached hydrogen (secondary N) is 1. The Balaban J connectivity index is 1.95. The molecule has 4 aromatic rings. The van der Waals surface area contributed by atoms with Gasteiger partial charge in [0, 0.05) is 33.3 Å². The average Bonchev–Trinajstić information content (AvgIpc) is 3.02. The molecule has 0 saturated heterocycles. The second kappa shape index (κ2) is 6.97. The van der Waals surface area contributed by atoms with Gasteiger partial charge >= 0.3 is 5.97 Å². The van der Waals surface area contributed by atoms with Gasteiger partial charge in [0.05, 0.1) is 17.7 Å². The fourth-order valence-corrected chi connectivity index (χ4v) is 3.57. The summed E-state index contributed by atoms with van der Waals surface area (Å²) in [5, 5.41) is 13.4. The van der Waals surface area contributed by atoms with E-state index >= 15 is 0 Å². The Hall–Kier alpha value is -2.98. The minimum atomic E-state index is -0.401. The van der Waals surface area contributed by atoms with Gasteiger partial charge in [-0.15, -0.1) is 0 Å². The molecule has 0 fully saturated rings. The third kappa shape index (κ3) is 3.13. The lowest BCUT2D eigenvalue weighted by Gasteiger charge is -2.06.